The molecule has 2 unspecified atom stereocenters. The van der Waals surface area contributed by atoms with Gasteiger partial charge in [-0.3, -0.25) is 14.4 Å². The van der Waals surface area contributed by atoms with E-state index < -0.39 is 24.0 Å². The Balaban J connectivity index is 2.79. The fourth-order valence-electron chi connectivity index (χ4n) is 1.83. The third kappa shape index (κ3) is 4.87. The molecule has 2 atom stereocenters. The summed E-state index contributed by atoms with van der Waals surface area (Å²) in [7, 11) is 0. The van der Waals surface area contributed by atoms with E-state index in [1.165, 1.54) is 6.92 Å². The number of carbonyl (C=O) groups excluding carboxylic acids is 2. The zero-order valence-electron chi connectivity index (χ0n) is 13.2. The topological polar surface area (TPSA) is 95.5 Å². The van der Waals surface area contributed by atoms with Gasteiger partial charge in [-0.25, -0.2) is 0 Å². The van der Waals surface area contributed by atoms with Gasteiger partial charge in [-0.15, -0.1) is 0 Å². The molecule has 2 amide bonds. The highest BCUT2D eigenvalue weighted by Gasteiger charge is 2.27. The lowest BCUT2D eigenvalue weighted by Gasteiger charge is -2.23. The molecule has 0 fully saturated rings. The van der Waals surface area contributed by atoms with Gasteiger partial charge in [-0.1, -0.05) is 31.5 Å². The van der Waals surface area contributed by atoms with E-state index in [9.17, 15) is 14.4 Å². The molecule has 120 valence electrons. The molecule has 0 aromatic heterocycles. The molecule has 3 N–H and O–H groups in total. The van der Waals surface area contributed by atoms with Crippen molar-refractivity contribution in [3.05, 3.63) is 35.4 Å². The molecule has 0 aliphatic rings. The molecule has 0 aliphatic heterocycles. The highest BCUT2D eigenvalue weighted by Crippen LogP contribution is 2.07. The summed E-state index contributed by atoms with van der Waals surface area (Å²) < 4.78 is 0. The Morgan fingerprint density at radius 2 is 1.55 bits per heavy atom. The molecular weight excluding hydrogens is 284 g/mol. The number of benzene rings is 1. The predicted molar refractivity (Wildman–Crippen MR) is 82.5 cm³/mol. The first kappa shape index (κ1) is 17.7. The van der Waals surface area contributed by atoms with Gasteiger partial charge in [-0.2, -0.15) is 0 Å². The predicted octanol–water partition coefficient (Wildman–Crippen LogP) is 1.34. The van der Waals surface area contributed by atoms with Crippen molar-refractivity contribution in [2.75, 3.05) is 0 Å². The minimum Gasteiger partial charge on any atom is -0.480 e. The summed E-state index contributed by atoms with van der Waals surface area (Å²) in [5.74, 6) is -2.17. The van der Waals surface area contributed by atoms with Crippen LogP contribution in [0.1, 0.15) is 36.7 Å². The molecular formula is C16H22N2O4. The maximum absolute atomic E-state index is 12.2. The van der Waals surface area contributed by atoms with Crippen LogP contribution >= 0.6 is 0 Å². The molecule has 0 saturated carbocycles. The fraction of sp³-hybridized carbons (Fsp3) is 0.438. The van der Waals surface area contributed by atoms with Crippen molar-refractivity contribution in [2.24, 2.45) is 5.92 Å². The van der Waals surface area contributed by atoms with Gasteiger partial charge in [0.15, 0.2) is 0 Å². The minimum absolute atomic E-state index is 0.171. The maximum Gasteiger partial charge on any atom is 0.325 e. The first-order valence-electron chi connectivity index (χ1n) is 7.13. The second-order valence-corrected chi connectivity index (χ2v) is 5.63. The molecule has 0 bridgehead atoms. The van der Waals surface area contributed by atoms with E-state index in [0.29, 0.717) is 5.56 Å². The summed E-state index contributed by atoms with van der Waals surface area (Å²) >= 11 is 0. The van der Waals surface area contributed by atoms with Gasteiger partial charge < -0.3 is 15.7 Å². The quantitative estimate of drug-likeness (QED) is 0.739. The zero-order chi connectivity index (χ0) is 16.9. The van der Waals surface area contributed by atoms with Crippen molar-refractivity contribution in [1.29, 1.82) is 0 Å². The molecule has 0 radical (unpaired) electrons. The van der Waals surface area contributed by atoms with Crippen molar-refractivity contribution in [3.8, 4) is 0 Å². The third-order valence-corrected chi connectivity index (χ3v) is 3.28. The number of carboxylic acids is 1. The van der Waals surface area contributed by atoms with Crippen molar-refractivity contribution in [3.63, 3.8) is 0 Å². The van der Waals surface area contributed by atoms with Crippen LogP contribution in [0.3, 0.4) is 0 Å². The largest absolute Gasteiger partial charge is 0.480 e. The van der Waals surface area contributed by atoms with Gasteiger partial charge in [0.1, 0.15) is 12.1 Å². The van der Waals surface area contributed by atoms with E-state index in [4.69, 9.17) is 5.11 Å². The van der Waals surface area contributed by atoms with Crippen LogP contribution in [-0.4, -0.2) is 35.0 Å². The summed E-state index contributed by atoms with van der Waals surface area (Å²) in [5.41, 5.74) is 1.49. The van der Waals surface area contributed by atoms with Crippen molar-refractivity contribution in [1.82, 2.24) is 10.6 Å². The molecule has 0 spiro atoms. The Hall–Kier alpha value is -2.37. The fourth-order valence-corrected chi connectivity index (χ4v) is 1.83. The van der Waals surface area contributed by atoms with Gasteiger partial charge in [0.05, 0.1) is 0 Å². The lowest BCUT2D eigenvalue weighted by Crippen LogP contribution is -2.53. The Morgan fingerprint density at radius 3 is 2.00 bits per heavy atom. The smallest absolute Gasteiger partial charge is 0.325 e. The van der Waals surface area contributed by atoms with Crippen LogP contribution in [0.15, 0.2) is 24.3 Å². The Morgan fingerprint density at radius 1 is 1.00 bits per heavy atom. The minimum atomic E-state index is -1.12. The zero-order valence-corrected chi connectivity index (χ0v) is 13.2. The van der Waals surface area contributed by atoms with E-state index in [1.54, 1.807) is 26.0 Å². The number of carbonyl (C=O) groups is 3. The number of carboxylic acid groups (broad SMARTS) is 1. The summed E-state index contributed by atoms with van der Waals surface area (Å²) in [5, 5.41) is 13.9. The normalized spacial score (nSPS) is 13.3. The van der Waals surface area contributed by atoms with E-state index >= 15 is 0 Å². The highest BCUT2D eigenvalue weighted by atomic mass is 16.4. The summed E-state index contributed by atoms with van der Waals surface area (Å²) in [6.07, 6.45) is 0. The molecule has 0 heterocycles. The first-order valence-corrected chi connectivity index (χ1v) is 7.13. The van der Waals surface area contributed by atoms with Crippen LogP contribution in [0.4, 0.5) is 0 Å². The Labute approximate surface area is 129 Å². The Bertz CT molecular complexity index is 552. The lowest BCUT2D eigenvalue weighted by molar-refractivity contribution is -0.141. The van der Waals surface area contributed by atoms with E-state index in [1.807, 2.05) is 19.1 Å². The first-order chi connectivity index (χ1) is 10.2. The van der Waals surface area contributed by atoms with E-state index in [-0.39, 0.29) is 11.8 Å². The number of aryl methyl sites for hydroxylation is 1. The van der Waals surface area contributed by atoms with Crippen LogP contribution in [0, 0.1) is 12.8 Å². The average Bonchev–Trinajstić information content (AvgIpc) is 2.44. The van der Waals surface area contributed by atoms with Gasteiger partial charge in [0.2, 0.25) is 5.91 Å². The SMILES string of the molecule is Cc1ccc(C(=O)NC(C(=O)NC(C)C(=O)O)C(C)C)cc1. The van der Waals surface area contributed by atoms with Crippen LogP contribution in [0.5, 0.6) is 0 Å². The molecule has 1 aromatic rings. The van der Waals surface area contributed by atoms with E-state index in [0.717, 1.165) is 5.56 Å². The summed E-state index contributed by atoms with van der Waals surface area (Å²) in [6, 6.07) is 5.18. The number of amides is 2. The molecule has 1 rings (SSSR count). The monoisotopic (exact) mass is 306 g/mol. The molecule has 22 heavy (non-hydrogen) atoms. The second kappa shape index (κ2) is 7.59. The van der Waals surface area contributed by atoms with Crippen LogP contribution in [0.25, 0.3) is 0 Å². The molecule has 0 saturated heterocycles. The lowest BCUT2D eigenvalue weighted by atomic mass is 10.0. The molecule has 0 aliphatic carbocycles. The number of hydrogen-bond donors (Lipinski definition) is 3. The van der Waals surface area contributed by atoms with Crippen molar-refractivity contribution < 1.29 is 19.5 Å². The van der Waals surface area contributed by atoms with Crippen LogP contribution in [0.2, 0.25) is 0 Å². The Kier molecular flexibility index (Phi) is 6.10. The molecule has 1 aromatic carbocycles. The van der Waals surface area contributed by atoms with Gasteiger partial charge in [0, 0.05) is 5.56 Å². The van der Waals surface area contributed by atoms with Crippen molar-refractivity contribution >= 4 is 17.8 Å². The highest BCUT2D eigenvalue weighted by molar-refractivity contribution is 5.98. The average molecular weight is 306 g/mol. The van der Waals surface area contributed by atoms with Gasteiger partial charge in [0.25, 0.3) is 5.91 Å². The van der Waals surface area contributed by atoms with Gasteiger partial charge >= 0.3 is 5.97 Å². The number of nitrogens with one attached hydrogen (secondary N) is 2. The van der Waals surface area contributed by atoms with Crippen LogP contribution < -0.4 is 10.6 Å². The van der Waals surface area contributed by atoms with Crippen molar-refractivity contribution in [2.45, 2.75) is 39.8 Å². The van der Waals surface area contributed by atoms with Gasteiger partial charge in [-0.05, 0) is 31.9 Å². The molecule has 6 heteroatoms. The van der Waals surface area contributed by atoms with E-state index in [2.05, 4.69) is 10.6 Å². The van der Waals surface area contributed by atoms with Crippen LogP contribution in [-0.2, 0) is 9.59 Å². The molecule has 6 nitrogen and oxygen atoms in total. The second-order valence-electron chi connectivity index (χ2n) is 5.63. The number of rotatable bonds is 6. The summed E-state index contributed by atoms with van der Waals surface area (Å²) in [6.45, 7) is 6.86. The third-order valence-electron chi connectivity index (χ3n) is 3.28. The number of hydrogen-bond acceptors (Lipinski definition) is 3. The summed E-state index contributed by atoms with van der Waals surface area (Å²) in [4.78, 5) is 35.1. The maximum atomic E-state index is 12.2. The standard InChI is InChI=1S/C16H22N2O4/c1-9(2)13(15(20)17-11(4)16(21)22)18-14(19)12-7-5-10(3)6-8-12/h5-9,11,13H,1-4H3,(H,17,20)(H,18,19)(H,21,22). The number of aliphatic carboxylic acids is 1.